The van der Waals surface area contributed by atoms with Crippen molar-refractivity contribution in [1.82, 2.24) is 9.80 Å². The van der Waals surface area contributed by atoms with Crippen molar-refractivity contribution in [3.05, 3.63) is 35.9 Å². The number of likely N-dealkylation sites (N-methyl/N-ethyl adjacent to an activating group) is 1. The van der Waals surface area contributed by atoms with Gasteiger partial charge in [-0.2, -0.15) is 0 Å². The summed E-state index contributed by atoms with van der Waals surface area (Å²) in [6.45, 7) is 10.3. The van der Waals surface area contributed by atoms with Crippen LogP contribution in [0.25, 0.3) is 0 Å². The van der Waals surface area contributed by atoms with Gasteiger partial charge in [0.05, 0.1) is 0 Å². The van der Waals surface area contributed by atoms with Gasteiger partial charge in [0.25, 0.3) is 0 Å². The summed E-state index contributed by atoms with van der Waals surface area (Å²) in [6, 6.07) is 10.2. The molecule has 2 amide bonds. The Morgan fingerprint density at radius 3 is 2.31 bits per heavy atom. The van der Waals surface area contributed by atoms with Crippen molar-refractivity contribution in [3.63, 3.8) is 0 Å². The fraction of sp³-hybridized carbons (Fsp3) is 0.619. The van der Waals surface area contributed by atoms with E-state index in [-0.39, 0.29) is 17.9 Å². The summed E-state index contributed by atoms with van der Waals surface area (Å²) in [5.74, 6) is 0.219. The number of amides is 2. The molecule has 1 aromatic carbocycles. The number of hydrogen-bond acceptors (Lipinski definition) is 3. The average Bonchev–Trinajstić information content (AvgIpc) is 2.61. The summed E-state index contributed by atoms with van der Waals surface area (Å²) in [6.07, 6.45) is 2.01. The smallest absolute Gasteiger partial charge is 0.410 e. The number of benzene rings is 1. The van der Waals surface area contributed by atoms with Gasteiger partial charge in [0.1, 0.15) is 5.60 Å². The van der Waals surface area contributed by atoms with E-state index in [0.717, 1.165) is 19.5 Å². The van der Waals surface area contributed by atoms with Gasteiger partial charge < -0.3 is 14.5 Å². The van der Waals surface area contributed by atoms with Crippen molar-refractivity contribution >= 4 is 12.0 Å². The zero-order valence-electron chi connectivity index (χ0n) is 16.5. The minimum absolute atomic E-state index is 0.00408. The molecule has 0 spiro atoms. The van der Waals surface area contributed by atoms with Gasteiger partial charge in [0.2, 0.25) is 5.91 Å². The summed E-state index contributed by atoms with van der Waals surface area (Å²) < 4.78 is 5.42. The van der Waals surface area contributed by atoms with Gasteiger partial charge in [-0.15, -0.1) is 0 Å². The number of hydrogen-bond donors (Lipinski definition) is 0. The van der Waals surface area contributed by atoms with Crippen LogP contribution < -0.4 is 0 Å². The first-order chi connectivity index (χ1) is 12.3. The first-order valence-corrected chi connectivity index (χ1v) is 9.61. The summed E-state index contributed by atoms with van der Waals surface area (Å²) in [4.78, 5) is 28.7. The molecule has 5 nitrogen and oxygen atoms in total. The lowest BCUT2D eigenvalue weighted by atomic mass is 9.95. The first kappa shape index (κ1) is 20.3. The summed E-state index contributed by atoms with van der Waals surface area (Å²) in [5, 5.41) is 0. The van der Waals surface area contributed by atoms with Gasteiger partial charge in [0.15, 0.2) is 0 Å². The molecule has 1 aromatic rings. The van der Waals surface area contributed by atoms with E-state index in [1.54, 1.807) is 4.90 Å². The highest BCUT2D eigenvalue weighted by atomic mass is 16.6. The molecule has 0 saturated carbocycles. The van der Waals surface area contributed by atoms with Crippen LogP contribution in [0, 0.1) is 5.92 Å². The maximum Gasteiger partial charge on any atom is 0.410 e. The molecule has 0 aromatic heterocycles. The van der Waals surface area contributed by atoms with Crippen LogP contribution in [0.3, 0.4) is 0 Å². The second-order valence-electron chi connectivity index (χ2n) is 7.90. The van der Waals surface area contributed by atoms with Gasteiger partial charge >= 0.3 is 6.09 Å². The second-order valence-corrected chi connectivity index (χ2v) is 7.90. The largest absolute Gasteiger partial charge is 0.444 e. The third-order valence-electron chi connectivity index (χ3n) is 4.70. The summed E-state index contributed by atoms with van der Waals surface area (Å²) in [5.41, 5.74) is 0.763. The number of nitrogens with zero attached hydrogens (tertiary/aromatic N) is 2. The molecule has 26 heavy (non-hydrogen) atoms. The highest BCUT2D eigenvalue weighted by Gasteiger charge is 2.31. The van der Waals surface area contributed by atoms with E-state index in [4.69, 9.17) is 4.74 Å². The van der Waals surface area contributed by atoms with Crippen molar-refractivity contribution in [1.29, 1.82) is 0 Å². The number of ether oxygens (including phenoxy) is 1. The molecular formula is C21H32N2O3. The van der Waals surface area contributed by atoms with Gasteiger partial charge in [-0.05, 0) is 52.5 Å². The van der Waals surface area contributed by atoms with Crippen molar-refractivity contribution in [3.8, 4) is 0 Å². The van der Waals surface area contributed by atoms with Gasteiger partial charge in [0, 0.05) is 32.1 Å². The molecule has 0 aliphatic carbocycles. The SMILES string of the molecule is CCN(CCc1ccccc1)C(=O)C1CCN(C(=O)OC(C)(C)C)CC1. The standard InChI is InChI=1S/C21H32N2O3/c1-5-22(14-11-17-9-7-6-8-10-17)19(24)18-12-15-23(16-13-18)20(25)26-21(2,3)4/h6-10,18H,5,11-16H2,1-4H3. The molecule has 2 rings (SSSR count). The van der Waals surface area contributed by atoms with E-state index in [1.165, 1.54) is 5.56 Å². The predicted molar refractivity (Wildman–Crippen MR) is 103 cm³/mol. The van der Waals surface area contributed by atoms with Crippen molar-refractivity contribution in [2.24, 2.45) is 5.92 Å². The highest BCUT2D eigenvalue weighted by molar-refractivity contribution is 5.79. The third kappa shape index (κ3) is 6.04. The predicted octanol–water partition coefficient (Wildman–Crippen LogP) is 3.72. The molecule has 144 valence electrons. The molecule has 1 aliphatic rings. The average molecular weight is 360 g/mol. The van der Waals surface area contributed by atoms with Gasteiger partial charge in [-0.1, -0.05) is 30.3 Å². The first-order valence-electron chi connectivity index (χ1n) is 9.61. The van der Waals surface area contributed by atoms with E-state index >= 15 is 0 Å². The Bertz CT molecular complexity index is 587. The van der Waals surface area contributed by atoms with Crippen LogP contribution in [0.1, 0.15) is 46.1 Å². The Hall–Kier alpha value is -2.04. The van der Waals surface area contributed by atoms with Crippen molar-refractivity contribution in [2.75, 3.05) is 26.2 Å². The number of carbonyl (C=O) groups is 2. The minimum atomic E-state index is -0.486. The Morgan fingerprint density at radius 1 is 1.15 bits per heavy atom. The fourth-order valence-corrected chi connectivity index (χ4v) is 3.23. The molecular weight excluding hydrogens is 328 g/mol. The zero-order valence-corrected chi connectivity index (χ0v) is 16.5. The monoisotopic (exact) mass is 360 g/mol. The molecule has 0 radical (unpaired) electrons. The number of rotatable bonds is 5. The highest BCUT2D eigenvalue weighted by Crippen LogP contribution is 2.22. The lowest BCUT2D eigenvalue weighted by Crippen LogP contribution is -2.46. The van der Waals surface area contributed by atoms with Crippen LogP contribution in [-0.2, 0) is 16.0 Å². The molecule has 1 saturated heterocycles. The lowest BCUT2D eigenvalue weighted by molar-refractivity contribution is -0.136. The van der Waals surface area contributed by atoms with Gasteiger partial charge in [-0.3, -0.25) is 4.79 Å². The van der Waals surface area contributed by atoms with E-state index in [2.05, 4.69) is 12.1 Å². The number of carbonyl (C=O) groups excluding carboxylic acids is 2. The van der Waals surface area contributed by atoms with Gasteiger partial charge in [-0.25, -0.2) is 4.79 Å². The molecule has 1 heterocycles. The molecule has 0 bridgehead atoms. The molecule has 1 aliphatic heterocycles. The molecule has 0 unspecified atom stereocenters. The van der Waals surface area contributed by atoms with Crippen LogP contribution in [0.4, 0.5) is 4.79 Å². The quantitative estimate of drug-likeness (QED) is 0.804. The van der Waals surface area contributed by atoms with Crippen LogP contribution >= 0.6 is 0 Å². The molecule has 0 atom stereocenters. The van der Waals surface area contributed by atoms with Crippen LogP contribution in [0.5, 0.6) is 0 Å². The maximum atomic E-state index is 12.8. The second kappa shape index (κ2) is 9.06. The minimum Gasteiger partial charge on any atom is -0.444 e. The fourth-order valence-electron chi connectivity index (χ4n) is 3.23. The Morgan fingerprint density at radius 2 is 1.77 bits per heavy atom. The maximum absolute atomic E-state index is 12.8. The van der Waals surface area contributed by atoms with Crippen molar-refractivity contribution in [2.45, 2.75) is 52.6 Å². The molecule has 0 N–H and O–H groups in total. The van der Waals surface area contributed by atoms with Crippen LogP contribution in [-0.4, -0.2) is 53.6 Å². The van der Waals surface area contributed by atoms with Crippen molar-refractivity contribution < 1.29 is 14.3 Å². The lowest BCUT2D eigenvalue weighted by Gasteiger charge is -2.35. The normalized spacial score (nSPS) is 15.6. The number of piperidine rings is 1. The molecule has 1 fully saturated rings. The summed E-state index contributed by atoms with van der Waals surface area (Å²) in [7, 11) is 0. The molecule has 5 heteroatoms. The van der Waals surface area contributed by atoms with E-state index in [9.17, 15) is 9.59 Å². The third-order valence-corrected chi connectivity index (χ3v) is 4.70. The topological polar surface area (TPSA) is 49.9 Å². The Kier molecular flexibility index (Phi) is 7.06. The number of likely N-dealkylation sites (tertiary alicyclic amines) is 1. The zero-order chi connectivity index (χ0) is 19.2. The van der Waals surface area contributed by atoms with E-state index < -0.39 is 5.60 Å². The van der Waals surface area contributed by atoms with E-state index in [0.29, 0.717) is 25.9 Å². The summed E-state index contributed by atoms with van der Waals surface area (Å²) >= 11 is 0. The van der Waals surface area contributed by atoms with Crippen LogP contribution in [0.2, 0.25) is 0 Å². The Labute approximate surface area is 157 Å². The Balaban J connectivity index is 1.83. The van der Waals surface area contributed by atoms with Crippen LogP contribution in [0.15, 0.2) is 30.3 Å². The van der Waals surface area contributed by atoms with E-state index in [1.807, 2.05) is 50.8 Å².